The van der Waals surface area contributed by atoms with Crippen LogP contribution in [-0.2, 0) is 0 Å². The number of nitrogens with two attached hydrogens (primary N) is 1. The molecule has 0 radical (unpaired) electrons. The van der Waals surface area contributed by atoms with Crippen molar-refractivity contribution >= 4 is 0 Å². The molecule has 0 amide bonds. The number of para-hydroxylation sites is 1. The summed E-state index contributed by atoms with van der Waals surface area (Å²) in [4.78, 5) is 0. The molecule has 0 aromatic heterocycles. The summed E-state index contributed by atoms with van der Waals surface area (Å²) in [6, 6.07) is 17.8. The van der Waals surface area contributed by atoms with E-state index in [-0.39, 0.29) is 0 Å². The Labute approximate surface area is 96.7 Å². The molecule has 84 valence electrons. The van der Waals surface area contributed by atoms with E-state index in [1.54, 1.807) is 0 Å². The van der Waals surface area contributed by atoms with E-state index in [9.17, 15) is 0 Å². The van der Waals surface area contributed by atoms with Crippen molar-refractivity contribution in [2.45, 2.75) is 6.92 Å². The number of benzene rings is 2. The standard InChI is InChI=1S/C13H12O.CH5N/c1-11-7-9-13(10-8-11)14-12-5-3-2-4-6-12;1-2/h2-10H,1H3;2H2,1H3. The van der Waals surface area contributed by atoms with Crippen LogP contribution in [0.25, 0.3) is 0 Å². The van der Waals surface area contributed by atoms with Crippen molar-refractivity contribution in [3.63, 3.8) is 0 Å². The zero-order valence-corrected chi connectivity index (χ0v) is 9.68. The van der Waals surface area contributed by atoms with Crippen LogP contribution in [-0.4, -0.2) is 7.05 Å². The highest BCUT2D eigenvalue weighted by Gasteiger charge is 1.94. The molecule has 0 bridgehead atoms. The fourth-order valence-corrected chi connectivity index (χ4v) is 1.23. The second-order valence-electron chi connectivity index (χ2n) is 3.23. The van der Waals surface area contributed by atoms with Crippen LogP contribution in [0.4, 0.5) is 0 Å². The molecule has 0 atom stereocenters. The number of hydrogen-bond donors (Lipinski definition) is 1. The second-order valence-corrected chi connectivity index (χ2v) is 3.23. The normalized spacial score (nSPS) is 8.94. The van der Waals surface area contributed by atoms with Gasteiger partial charge < -0.3 is 10.5 Å². The third kappa shape index (κ3) is 3.75. The van der Waals surface area contributed by atoms with Crippen molar-refractivity contribution in [3.8, 4) is 11.5 Å². The topological polar surface area (TPSA) is 35.2 Å². The maximum absolute atomic E-state index is 5.63. The highest BCUT2D eigenvalue weighted by molar-refractivity contribution is 5.32. The summed E-state index contributed by atoms with van der Waals surface area (Å²) in [5.74, 6) is 1.75. The minimum atomic E-state index is 0.872. The lowest BCUT2D eigenvalue weighted by molar-refractivity contribution is 0.482. The molecule has 2 N–H and O–H groups in total. The van der Waals surface area contributed by atoms with Crippen LogP contribution >= 0.6 is 0 Å². The molecule has 2 aromatic rings. The molecule has 0 aliphatic carbocycles. The Morgan fingerprint density at radius 1 is 0.750 bits per heavy atom. The first-order valence-electron chi connectivity index (χ1n) is 5.22. The molecule has 2 heteroatoms. The quantitative estimate of drug-likeness (QED) is 0.833. The van der Waals surface area contributed by atoms with Gasteiger partial charge in [-0.05, 0) is 38.2 Å². The molecule has 0 heterocycles. The van der Waals surface area contributed by atoms with Gasteiger partial charge in [0.1, 0.15) is 11.5 Å². The molecule has 2 nitrogen and oxygen atoms in total. The van der Waals surface area contributed by atoms with Crippen LogP contribution in [0.1, 0.15) is 5.56 Å². The van der Waals surface area contributed by atoms with E-state index in [2.05, 4.69) is 12.7 Å². The van der Waals surface area contributed by atoms with Gasteiger partial charge in [0.15, 0.2) is 0 Å². The first-order valence-corrected chi connectivity index (χ1v) is 5.22. The smallest absolute Gasteiger partial charge is 0.127 e. The summed E-state index contributed by atoms with van der Waals surface area (Å²) in [5, 5.41) is 0. The van der Waals surface area contributed by atoms with Gasteiger partial charge in [0.2, 0.25) is 0 Å². The van der Waals surface area contributed by atoms with Gasteiger partial charge in [0, 0.05) is 0 Å². The van der Waals surface area contributed by atoms with Gasteiger partial charge >= 0.3 is 0 Å². The SMILES string of the molecule is CN.Cc1ccc(Oc2ccccc2)cc1. The van der Waals surface area contributed by atoms with E-state index >= 15 is 0 Å². The van der Waals surface area contributed by atoms with Crippen molar-refractivity contribution in [1.29, 1.82) is 0 Å². The molecule has 16 heavy (non-hydrogen) atoms. The lowest BCUT2D eigenvalue weighted by Crippen LogP contribution is -1.82. The Balaban J connectivity index is 0.000000606. The number of rotatable bonds is 2. The Kier molecular flexibility index (Phi) is 5.09. The molecular weight excluding hydrogens is 198 g/mol. The first kappa shape index (κ1) is 12.3. The molecule has 2 rings (SSSR count). The van der Waals surface area contributed by atoms with E-state index in [0.717, 1.165) is 11.5 Å². The van der Waals surface area contributed by atoms with Gasteiger partial charge in [-0.3, -0.25) is 0 Å². The Morgan fingerprint density at radius 2 is 1.25 bits per heavy atom. The monoisotopic (exact) mass is 215 g/mol. The van der Waals surface area contributed by atoms with Gasteiger partial charge in [-0.1, -0.05) is 35.9 Å². The molecule has 0 saturated carbocycles. The fourth-order valence-electron chi connectivity index (χ4n) is 1.23. The third-order valence-electron chi connectivity index (χ3n) is 2.00. The summed E-state index contributed by atoms with van der Waals surface area (Å²) in [7, 11) is 1.50. The number of ether oxygens (including phenoxy) is 1. The molecule has 0 unspecified atom stereocenters. The second kappa shape index (κ2) is 6.64. The van der Waals surface area contributed by atoms with Crippen LogP contribution < -0.4 is 10.5 Å². The molecule has 0 spiro atoms. The van der Waals surface area contributed by atoms with Crippen LogP contribution in [0.3, 0.4) is 0 Å². The number of hydrogen-bond acceptors (Lipinski definition) is 2. The van der Waals surface area contributed by atoms with Gasteiger partial charge in [-0.15, -0.1) is 0 Å². The van der Waals surface area contributed by atoms with Crippen LogP contribution in [0.5, 0.6) is 11.5 Å². The molecule has 0 fully saturated rings. The predicted molar refractivity (Wildman–Crippen MR) is 67.8 cm³/mol. The highest BCUT2D eigenvalue weighted by atomic mass is 16.5. The molecule has 0 saturated heterocycles. The van der Waals surface area contributed by atoms with Crippen molar-refractivity contribution < 1.29 is 4.74 Å². The van der Waals surface area contributed by atoms with Crippen LogP contribution in [0, 0.1) is 6.92 Å². The first-order chi connectivity index (χ1) is 7.84. The molecular formula is C14H17NO. The van der Waals surface area contributed by atoms with Crippen LogP contribution in [0.15, 0.2) is 54.6 Å². The molecule has 0 aliphatic rings. The minimum Gasteiger partial charge on any atom is -0.457 e. The van der Waals surface area contributed by atoms with E-state index in [1.165, 1.54) is 12.6 Å². The summed E-state index contributed by atoms with van der Waals surface area (Å²) in [6.07, 6.45) is 0. The van der Waals surface area contributed by atoms with Crippen LogP contribution in [0.2, 0.25) is 0 Å². The average molecular weight is 215 g/mol. The Morgan fingerprint density at radius 3 is 1.81 bits per heavy atom. The van der Waals surface area contributed by atoms with Gasteiger partial charge in [-0.25, -0.2) is 0 Å². The Bertz CT molecular complexity index is 395. The van der Waals surface area contributed by atoms with Gasteiger partial charge in [0.05, 0.1) is 0 Å². The highest BCUT2D eigenvalue weighted by Crippen LogP contribution is 2.20. The molecule has 0 aliphatic heterocycles. The summed E-state index contributed by atoms with van der Waals surface area (Å²) in [6.45, 7) is 2.06. The predicted octanol–water partition coefficient (Wildman–Crippen LogP) is 3.36. The zero-order valence-electron chi connectivity index (χ0n) is 9.68. The van der Waals surface area contributed by atoms with Gasteiger partial charge in [0.25, 0.3) is 0 Å². The fraction of sp³-hybridized carbons (Fsp3) is 0.143. The third-order valence-corrected chi connectivity index (χ3v) is 2.00. The summed E-state index contributed by atoms with van der Waals surface area (Å²) >= 11 is 0. The lowest BCUT2D eigenvalue weighted by Gasteiger charge is -2.04. The van der Waals surface area contributed by atoms with E-state index in [4.69, 9.17) is 4.74 Å². The lowest BCUT2D eigenvalue weighted by atomic mass is 10.2. The minimum absolute atomic E-state index is 0.872. The van der Waals surface area contributed by atoms with E-state index in [1.807, 2.05) is 54.6 Å². The average Bonchev–Trinajstić information content (AvgIpc) is 2.36. The number of aryl methyl sites for hydroxylation is 1. The molecule has 2 aromatic carbocycles. The maximum atomic E-state index is 5.63. The summed E-state index contributed by atoms with van der Waals surface area (Å²) < 4.78 is 5.63. The van der Waals surface area contributed by atoms with E-state index in [0.29, 0.717) is 0 Å². The zero-order chi connectivity index (χ0) is 11.8. The maximum Gasteiger partial charge on any atom is 0.127 e. The Hall–Kier alpha value is -1.80. The van der Waals surface area contributed by atoms with Crippen molar-refractivity contribution in [1.82, 2.24) is 0 Å². The van der Waals surface area contributed by atoms with Crippen molar-refractivity contribution in [3.05, 3.63) is 60.2 Å². The summed E-state index contributed by atoms with van der Waals surface area (Å²) in [5.41, 5.74) is 5.74. The van der Waals surface area contributed by atoms with Gasteiger partial charge in [-0.2, -0.15) is 0 Å². The van der Waals surface area contributed by atoms with Crippen molar-refractivity contribution in [2.24, 2.45) is 5.73 Å². The van der Waals surface area contributed by atoms with Crippen molar-refractivity contribution in [2.75, 3.05) is 7.05 Å². The van der Waals surface area contributed by atoms with E-state index < -0.39 is 0 Å². The largest absolute Gasteiger partial charge is 0.457 e.